The van der Waals surface area contributed by atoms with Gasteiger partial charge in [0.2, 0.25) is 0 Å². The minimum absolute atomic E-state index is 0.329. The first-order valence-corrected chi connectivity index (χ1v) is 6.21. The van der Waals surface area contributed by atoms with Crippen molar-refractivity contribution in [2.45, 2.75) is 25.0 Å². The first kappa shape index (κ1) is 12.1. The Labute approximate surface area is 107 Å². The molecule has 2 nitrogen and oxygen atoms in total. The summed E-state index contributed by atoms with van der Waals surface area (Å²) in [5, 5.41) is 3.68. The Balaban J connectivity index is 2.05. The second-order valence-electron chi connectivity index (χ2n) is 3.91. The minimum Gasteiger partial charge on any atom is -0.381 e. The highest BCUT2D eigenvalue weighted by Crippen LogP contribution is 2.35. The maximum atomic E-state index is 13.0. The molecule has 1 aliphatic rings. The van der Waals surface area contributed by atoms with Crippen molar-refractivity contribution < 1.29 is 9.13 Å². The van der Waals surface area contributed by atoms with Crippen molar-refractivity contribution in [3.8, 4) is 0 Å². The molecule has 16 heavy (non-hydrogen) atoms. The number of hydrogen-bond donors (Lipinski definition) is 1. The van der Waals surface area contributed by atoms with Crippen molar-refractivity contribution in [1.29, 1.82) is 0 Å². The van der Waals surface area contributed by atoms with Gasteiger partial charge in [0.25, 0.3) is 0 Å². The zero-order valence-corrected chi connectivity index (χ0v) is 11.1. The number of rotatable bonds is 3. The average Bonchev–Trinajstić information content (AvgIpc) is 2.13. The molecule has 0 atom stereocenters. The largest absolute Gasteiger partial charge is 0.381 e. The fourth-order valence-electron chi connectivity index (χ4n) is 1.76. The summed E-state index contributed by atoms with van der Waals surface area (Å²) in [5.74, 6) is -0.342. The molecule has 1 N–H and O–H groups in total. The van der Waals surface area contributed by atoms with Crippen molar-refractivity contribution in [2.24, 2.45) is 0 Å². The van der Waals surface area contributed by atoms with Gasteiger partial charge in [-0.2, -0.15) is 0 Å². The summed E-state index contributed by atoms with van der Waals surface area (Å²) in [7, 11) is 1.71. The molecule has 2 rings (SSSR count). The molecule has 0 radical (unpaired) electrons. The summed E-state index contributed by atoms with van der Waals surface area (Å²) in [6, 6.07) is 3.06. The molecular formula is C11H12BrClFNO. The van der Waals surface area contributed by atoms with Crippen molar-refractivity contribution in [3.05, 3.63) is 27.4 Å². The molecule has 0 amide bonds. The van der Waals surface area contributed by atoms with Crippen LogP contribution in [0, 0.1) is 5.82 Å². The van der Waals surface area contributed by atoms with Crippen molar-refractivity contribution >= 4 is 33.2 Å². The van der Waals surface area contributed by atoms with Crippen molar-refractivity contribution in [3.63, 3.8) is 0 Å². The van der Waals surface area contributed by atoms with Crippen LogP contribution in [0.25, 0.3) is 0 Å². The Kier molecular flexibility index (Phi) is 3.72. The van der Waals surface area contributed by atoms with E-state index in [1.54, 1.807) is 7.11 Å². The third-order valence-corrected chi connectivity index (χ3v) is 3.71. The second-order valence-corrected chi connectivity index (χ2v) is 5.18. The number of halogens is 3. The Morgan fingerprint density at radius 3 is 2.75 bits per heavy atom. The van der Waals surface area contributed by atoms with Crippen molar-refractivity contribution in [2.75, 3.05) is 12.4 Å². The van der Waals surface area contributed by atoms with Crippen LogP contribution in [0.15, 0.2) is 16.6 Å². The van der Waals surface area contributed by atoms with E-state index in [0.717, 1.165) is 18.5 Å². The molecule has 0 bridgehead atoms. The van der Waals surface area contributed by atoms with E-state index in [1.165, 1.54) is 12.1 Å². The maximum Gasteiger partial charge on any atom is 0.125 e. The Bertz CT molecular complexity index is 373. The number of methoxy groups -OCH3 is 1. The smallest absolute Gasteiger partial charge is 0.125 e. The van der Waals surface area contributed by atoms with Crippen LogP contribution in [0.4, 0.5) is 10.1 Å². The molecule has 0 saturated heterocycles. The highest BCUT2D eigenvalue weighted by molar-refractivity contribution is 9.10. The molecule has 1 aromatic rings. The Morgan fingerprint density at radius 2 is 2.19 bits per heavy atom. The van der Waals surface area contributed by atoms with Gasteiger partial charge < -0.3 is 10.1 Å². The highest BCUT2D eigenvalue weighted by atomic mass is 79.9. The van der Waals surface area contributed by atoms with Crippen LogP contribution < -0.4 is 5.32 Å². The maximum absolute atomic E-state index is 13.0. The Morgan fingerprint density at radius 1 is 1.50 bits per heavy atom. The standard InChI is InChI=1S/C11H12BrClFNO/c1-16-8-4-7(5-8)15-11-9(12)2-6(14)3-10(11)13/h2-3,7-8,15H,4-5H2,1H3. The lowest BCUT2D eigenvalue weighted by atomic mass is 9.89. The van der Waals surface area contributed by atoms with Crippen LogP contribution in [0.5, 0.6) is 0 Å². The molecule has 1 saturated carbocycles. The van der Waals surface area contributed by atoms with Crippen LogP contribution in [0.1, 0.15) is 12.8 Å². The van der Waals surface area contributed by atoms with Gasteiger partial charge in [0.1, 0.15) is 5.82 Å². The number of ether oxygens (including phenoxy) is 1. The van der Waals surface area contributed by atoms with Crippen LogP contribution in [-0.2, 0) is 4.74 Å². The van der Waals surface area contributed by atoms with E-state index < -0.39 is 0 Å². The predicted octanol–water partition coefficient (Wildman–Crippen LogP) is 3.83. The topological polar surface area (TPSA) is 21.3 Å². The summed E-state index contributed by atoms with van der Waals surface area (Å²) in [4.78, 5) is 0. The van der Waals surface area contributed by atoms with Gasteiger partial charge in [-0.05, 0) is 40.9 Å². The van der Waals surface area contributed by atoms with E-state index in [-0.39, 0.29) is 5.82 Å². The van der Waals surface area contributed by atoms with E-state index in [4.69, 9.17) is 16.3 Å². The van der Waals surface area contributed by atoms with Gasteiger partial charge in [-0.3, -0.25) is 0 Å². The van der Waals surface area contributed by atoms with Gasteiger partial charge in [0.15, 0.2) is 0 Å². The van der Waals surface area contributed by atoms with E-state index in [0.29, 0.717) is 21.6 Å². The van der Waals surface area contributed by atoms with Gasteiger partial charge in [-0.15, -0.1) is 0 Å². The van der Waals surface area contributed by atoms with Gasteiger partial charge in [0, 0.05) is 17.6 Å². The molecule has 0 aliphatic heterocycles. The van der Waals surface area contributed by atoms with Crippen LogP contribution >= 0.6 is 27.5 Å². The second kappa shape index (κ2) is 4.90. The molecule has 0 unspecified atom stereocenters. The van der Waals surface area contributed by atoms with Crippen molar-refractivity contribution in [1.82, 2.24) is 0 Å². The SMILES string of the molecule is COC1CC(Nc2c(Cl)cc(F)cc2Br)C1. The molecule has 88 valence electrons. The Hall–Kier alpha value is -0.320. The summed E-state index contributed by atoms with van der Waals surface area (Å²) in [6.07, 6.45) is 2.24. The zero-order valence-electron chi connectivity index (χ0n) is 8.77. The normalized spacial score (nSPS) is 24.0. The summed E-state index contributed by atoms with van der Waals surface area (Å²) in [5.41, 5.74) is 0.752. The first-order chi connectivity index (χ1) is 7.60. The lowest BCUT2D eigenvalue weighted by Crippen LogP contribution is -2.40. The molecule has 0 heterocycles. The van der Waals surface area contributed by atoms with Crippen LogP contribution in [0.2, 0.25) is 5.02 Å². The minimum atomic E-state index is -0.342. The number of hydrogen-bond acceptors (Lipinski definition) is 2. The highest BCUT2D eigenvalue weighted by Gasteiger charge is 2.29. The van der Waals surface area contributed by atoms with Gasteiger partial charge in [0.05, 0.1) is 16.8 Å². The zero-order chi connectivity index (χ0) is 11.7. The van der Waals surface area contributed by atoms with E-state index in [9.17, 15) is 4.39 Å². The average molecular weight is 309 g/mol. The number of anilines is 1. The lowest BCUT2D eigenvalue weighted by molar-refractivity contribution is 0.0328. The molecule has 1 aliphatic carbocycles. The monoisotopic (exact) mass is 307 g/mol. The first-order valence-electron chi connectivity index (χ1n) is 5.04. The number of benzene rings is 1. The summed E-state index contributed by atoms with van der Waals surface area (Å²) in [6.45, 7) is 0. The summed E-state index contributed by atoms with van der Waals surface area (Å²) < 4.78 is 18.8. The lowest BCUT2D eigenvalue weighted by Gasteiger charge is -2.35. The van der Waals surface area contributed by atoms with E-state index in [2.05, 4.69) is 21.2 Å². The summed E-state index contributed by atoms with van der Waals surface area (Å²) >= 11 is 9.26. The molecule has 1 fully saturated rings. The van der Waals surface area contributed by atoms with Gasteiger partial charge in [-0.1, -0.05) is 11.6 Å². The van der Waals surface area contributed by atoms with E-state index >= 15 is 0 Å². The van der Waals surface area contributed by atoms with Gasteiger partial charge in [-0.25, -0.2) is 4.39 Å². The van der Waals surface area contributed by atoms with Gasteiger partial charge >= 0.3 is 0 Å². The number of nitrogens with one attached hydrogen (secondary N) is 1. The fraction of sp³-hybridized carbons (Fsp3) is 0.455. The van der Waals surface area contributed by atoms with E-state index in [1.807, 2.05) is 0 Å². The molecule has 0 spiro atoms. The molecule has 5 heteroatoms. The quantitative estimate of drug-likeness (QED) is 0.916. The molecular weight excluding hydrogens is 296 g/mol. The third kappa shape index (κ3) is 2.50. The predicted molar refractivity (Wildman–Crippen MR) is 66.6 cm³/mol. The van der Waals surface area contributed by atoms with Crippen LogP contribution in [-0.4, -0.2) is 19.3 Å². The third-order valence-electron chi connectivity index (χ3n) is 2.78. The molecule has 0 aromatic heterocycles. The fourth-order valence-corrected chi connectivity index (χ4v) is 2.68. The molecule has 1 aromatic carbocycles. The van der Waals surface area contributed by atoms with Crippen LogP contribution in [0.3, 0.4) is 0 Å².